The minimum absolute atomic E-state index is 0.103. The highest BCUT2D eigenvalue weighted by Crippen LogP contribution is 2.33. The summed E-state index contributed by atoms with van der Waals surface area (Å²) in [6.07, 6.45) is 0. The van der Waals surface area contributed by atoms with E-state index >= 15 is 0 Å². The van der Waals surface area contributed by atoms with E-state index in [1.165, 1.54) is 6.92 Å². The Morgan fingerprint density at radius 1 is 1.14 bits per heavy atom. The third-order valence-corrected chi connectivity index (χ3v) is 5.64. The third-order valence-electron chi connectivity index (χ3n) is 4.56. The Hall–Kier alpha value is -3.45. The number of furan rings is 1. The first-order valence-electron chi connectivity index (χ1n) is 8.93. The number of nitrogens with zero attached hydrogens (tertiary/aromatic N) is 1. The molecule has 0 unspecified atom stereocenters. The fraction of sp³-hybridized carbons (Fsp3) is 0.136. The predicted octanol–water partition coefficient (Wildman–Crippen LogP) is 5.33. The number of Topliss-reactive ketones (excluding diaryl/α,β-unsaturated/α-hetero) is 1. The number of methoxy groups -OCH3 is 1. The molecule has 2 heterocycles. The zero-order valence-electron chi connectivity index (χ0n) is 16.1. The topological polar surface area (TPSA) is 81.4 Å². The number of amides is 1. The maximum absolute atomic E-state index is 12.8. The van der Waals surface area contributed by atoms with E-state index in [1.54, 1.807) is 19.2 Å². The fourth-order valence-corrected chi connectivity index (χ4v) is 3.98. The number of benzene rings is 2. The van der Waals surface area contributed by atoms with Gasteiger partial charge < -0.3 is 9.15 Å². The van der Waals surface area contributed by atoms with Crippen molar-refractivity contribution < 1.29 is 18.7 Å². The van der Waals surface area contributed by atoms with Crippen molar-refractivity contribution in [2.24, 2.45) is 0 Å². The van der Waals surface area contributed by atoms with Crippen molar-refractivity contribution in [3.05, 3.63) is 64.7 Å². The van der Waals surface area contributed by atoms with Gasteiger partial charge in [0.1, 0.15) is 11.3 Å². The van der Waals surface area contributed by atoms with Crippen LogP contribution in [0, 0.1) is 6.92 Å². The highest BCUT2D eigenvalue weighted by Gasteiger charge is 2.22. The fourth-order valence-electron chi connectivity index (χ4n) is 3.10. The molecule has 0 saturated carbocycles. The van der Waals surface area contributed by atoms with E-state index < -0.39 is 5.91 Å². The maximum atomic E-state index is 12.8. The number of nitrogens with one attached hydrogen (secondary N) is 1. The number of aryl methyl sites for hydroxylation is 1. The largest absolute Gasteiger partial charge is 0.497 e. The standard InChI is InChI=1S/C22H18N2O4S/c1-12-16-11-15(27-3)9-10-17(16)28-19(12)21(26)24-22-23-18(20(29-22)13(2)25)14-7-5-4-6-8-14/h4-11H,1-3H3,(H,23,24,26). The van der Waals surface area contributed by atoms with Gasteiger partial charge in [0, 0.05) is 23.4 Å². The number of thiazole rings is 1. The smallest absolute Gasteiger partial charge is 0.293 e. The third kappa shape index (κ3) is 3.52. The van der Waals surface area contributed by atoms with Crippen molar-refractivity contribution >= 4 is 39.1 Å². The Morgan fingerprint density at radius 2 is 1.90 bits per heavy atom. The molecule has 0 aliphatic heterocycles. The van der Waals surface area contributed by atoms with Crippen LogP contribution in [0.15, 0.2) is 52.9 Å². The number of fused-ring (bicyclic) bond motifs is 1. The normalized spacial score (nSPS) is 10.9. The molecule has 6 nitrogen and oxygen atoms in total. The first kappa shape index (κ1) is 18.9. The van der Waals surface area contributed by atoms with Gasteiger partial charge in [-0.3, -0.25) is 14.9 Å². The summed E-state index contributed by atoms with van der Waals surface area (Å²) in [7, 11) is 1.59. The van der Waals surface area contributed by atoms with E-state index in [4.69, 9.17) is 9.15 Å². The SMILES string of the molecule is COc1ccc2oc(C(=O)Nc3nc(-c4ccccc4)c(C(C)=O)s3)c(C)c2c1. The van der Waals surface area contributed by atoms with Crippen molar-refractivity contribution in [2.75, 3.05) is 12.4 Å². The summed E-state index contributed by atoms with van der Waals surface area (Å²) in [6, 6.07) is 14.8. The Morgan fingerprint density at radius 3 is 2.59 bits per heavy atom. The molecule has 1 N–H and O–H groups in total. The molecule has 4 rings (SSSR count). The molecular formula is C22H18N2O4S. The number of carbonyl (C=O) groups is 2. The Kier molecular flexibility index (Phi) is 4.90. The van der Waals surface area contributed by atoms with Crippen LogP contribution in [0.2, 0.25) is 0 Å². The van der Waals surface area contributed by atoms with Crippen LogP contribution in [-0.4, -0.2) is 23.8 Å². The number of rotatable bonds is 5. The van der Waals surface area contributed by atoms with Crippen molar-refractivity contribution in [3.8, 4) is 17.0 Å². The van der Waals surface area contributed by atoms with Crippen LogP contribution in [0.1, 0.15) is 32.7 Å². The van der Waals surface area contributed by atoms with E-state index in [0.717, 1.165) is 22.3 Å². The number of hydrogen-bond acceptors (Lipinski definition) is 6. The van der Waals surface area contributed by atoms with E-state index in [2.05, 4.69) is 10.3 Å². The molecular weight excluding hydrogens is 388 g/mol. The van der Waals surface area contributed by atoms with Gasteiger partial charge in [-0.15, -0.1) is 0 Å². The second-order valence-corrected chi connectivity index (χ2v) is 7.49. The van der Waals surface area contributed by atoms with Crippen LogP contribution in [-0.2, 0) is 0 Å². The van der Waals surface area contributed by atoms with Crippen molar-refractivity contribution in [1.82, 2.24) is 4.98 Å². The summed E-state index contributed by atoms with van der Waals surface area (Å²) in [6.45, 7) is 3.31. The van der Waals surface area contributed by atoms with E-state index in [0.29, 0.717) is 32.6 Å². The first-order valence-corrected chi connectivity index (χ1v) is 9.75. The summed E-state index contributed by atoms with van der Waals surface area (Å²) in [4.78, 5) is 29.9. The molecule has 0 fully saturated rings. The van der Waals surface area contributed by atoms with Gasteiger partial charge in [-0.25, -0.2) is 4.98 Å². The van der Waals surface area contributed by atoms with Gasteiger partial charge in [0.2, 0.25) is 0 Å². The number of hydrogen-bond donors (Lipinski definition) is 1. The molecule has 0 atom stereocenters. The molecule has 0 saturated heterocycles. The predicted molar refractivity (Wildman–Crippen MR) is 113 cm³/mol. The molecule has 1 amide bonds. The number of ketones is 1. The lowest BCUT2D eigenvalue weighted by atomic mass is 10.1. The molecule has 0 bridgehead atoms. The van der Waals surface area contributed by atoms with Gasteiger partial charge in [-0.2, -0.15) is 0 Å². The van der Waals surface area contributed by atoms with Gasteiger partial charge in [-0.1, -0.05) is 41.7 Å². The molecule has 4 aromatic rings. The zero-order valence-corrected chi connectivity index (χ0v) is 16.9. The Bertz CT molecular complexity index is 1220. The molecule has 2 aromatic heterocycles. The summed E-state index contributed by atoms with van der Waals surface area (Å²) in [5, 5.41) is 3.92. The molecule has 0 spiro atoms. The molecule has 7 heteroatoms. The summed E-state index contributed by atoms with van der Waals surface area (Å²) >= 11 is 1.15. The number of aromatic nitrogens is 1. The van der Waals surface area contributed by atoms with Crippen LogP contribution in [0.5, 0.6) is 5.75 Å². The van der Waals surface area contributed by atoms with Crippen LogP contribution in [0.25, 0.3) is 22.2 Å². The molecule has 2 aromatic carbocycles. The highest BCUT2D eigenvalue weighted by atomic mass is 32.1. The van der Waals surface area contributed by atoms with Gasteiger partial charge in [-0.05, 0) is 25.1 Å². The zero-order chi connectivity index (χ0) is 20.5. The minimum Gasteiger partial charge on any atom is -0.497 e. The van der Waals surface area contributed by atoms with E-state index in [1.807, 2.05) is 43.3 Å². The average Bonchev–Trinajstić information content (AvgIpc) is 3.30. The quantitative estimate of drug-likeness (QED) is 0.453. The number of anilines is 1. The summed E-state index contributed by atoms with van der Waals surface area (Å²) in [5.74, 6) is 0.371. The Balaban J connectivity index is 1.68. The number of carbonyl (C=O) groups excluding carboxylic acids is 2. The van der Waals surface area contributed by atoms with E-state index in [9.17, 15) is 9.59 Å². The minimum atomic E-state index is -0.416. The average molecular weight is 406 g/mol. The molecule has 146 valence electrons. The molecule has 0 aliphatic rings. The van der Waals surface area contributed by atoms with Gasteiger partial charge >= 0.3 is 0 Å². The second kappa shape index (κ2) is 7.52. The van der Waals surface area contributed by atoms with Crippen molar-refractivity contribution in [3.63, 3.8) is 0 Å². The second-order valence-electron chi connectivity index (χ2n) is 6.49. The maximum Gasteiger partial charge on any atom is 0.293 e. The lowest BCUT2D eigenvalue weighted by Crippen LogP contribution is -2.11. The summed E-state index contributed by atoms with van der Waals surface area (Å²) < 4.78 is 11.0. The van der Waals surface area contributed by atoms with Crippen molar-refractivity contribution in [2.45, 2.75) is 13.8 Å². The monoisotopic (exact) mass is 406 g/mol. The van der Waals surface area contributed by atoms with Crippen molar-refractivity contribution in [1.29, 1.82) is 0 Å². The lowest BCUT2D eigenvalue weighted by Gasteiger charge is -2.00. The Labute approximate surface area is 171 Å². The van der Waals surface area contributed by atoms with Crippen LogP contribution >= 0.6 is 11.3 Å². The van der Waals surface area contributed by atoms with Crippen LogP contribution < -0.4 is 10.1 Å². The summed E-state index contributed by atoms with van der Waals surface area (Å²) in [5.41, 5.74) is 2.69. The van der Waals surface area contributed by atoms with Gasteiger partial charge in [0.25, 0.3) is 5.91 Å². The van der Waals surface area contributed by atoms with Crippen LogP contribution in [0.3, 0.4) is 0 Å². The molecule has 29 heavy (non-hydrogen) atoms. The number of ether oxygens (including phenoxy) is 1. The molecule has 0 aliphatic carbocycles. The van der Waals surface area contributed by atoms with Gasteiger partial charge in [0.15, 0.2) is 16.7 Å². The first-order chi connectivity index (χ1) is 14.0. The lowest BCUT2D eigenvalue weighted by molar-refractivity contribution is 0.0995. The molecule has 0 radical (unpaired) electrons. The highest BCUT2D eigenvalue weighted by molar-refractivity contribution is 7.18. The van der Waals surface area contributed by atoms with Crippen LogP contribution in [0.4, 0.5) is 5.13 Å². The van der Waals surface area contributed by atoms with Gasteiger partial charge in [0.05, 0.1) is 17.7 Å². The van der Waals surface area contributed by atoms with E-state index in [-0.39, 0.29) is 11.5 Å².